The molecule has 100 valence electrons. The van der Waals surface area contributed by atoms with Crippen LogP contribution < -0.4 is 4.74 Å². The van der Waals surface area contributed by atoms with Gasteiger partial charge in [-0.15, -0.1) is 0 Å². The molecule has 2 aromatic carbocycles. The molecule has 0 saturated heterocycles. The molecule has 1 atom stereocenters. The zero-order chi connectivity index (χ0) is 14.0. The van der Waals surface area contributed by atoms with Crippen molar-refractivity contribution < 1.29 is 14.2 Å². The van der Waals surface area contributed by atoms with Gasteiger partial charge in [0.2, 0.25) is 0 Å². The Hall–Kier alpha value is -1.39. The molecule has 2 aromatic rings. The Kier molecular flexibility index (Phi) is 4.22. The third-order valence-electron chi connectivity index (χ3n) is 2.81. The van der Waals surface area contributed by atoms with E-state index in [-0.39, 0.29) is 5.82 Å². The first-order valence-electron chi connectivity index (χ1n) is 5.89. The van der Waals surface area contributed by atoms with Crippen LogP contribution in [0.4, 0.5) is 4.39 Å². The van der Waals surface area contributed by atoms with E-state index in [2.05, 4.69) is 15.9 Å². The van der Waals surface area contributed by atoms with Gasteiger partial charge in [-0.3, -0.25) is 0 Å². The van der Waals surface area contributed by atoms with Crippen molar-refractivity contribution in [3.8, 4) is 11.5 Å². The van der Waals surface area contributed by atoms with Gasteiger partial charge in [0.1, 0.15) is 17.3 Å². The first kappa shape index (κ1) is 14.0. The number of aliphatic hydroxyl groups excluding tert-OH is 1. The Morgan fingerprint density at radius 1 is 1.16 bits per heavy atom. The Balaban J connectivity index is 2.31. The number of benzene rings is 2. The zero-order valence-corrected chi connectivity index (χ0v) is 12.2. The van der Waals surface area contributed by atoms with Gasteiger partial charge in [-0.05, 0) is 59.1 Å². The second-order valence-corrected chi connectivity index (χ2v) is 5.23. The highest BCUT2D eigenvalue weighted by atomic mass is 79.9. The SMILES string of the molecule is Cc1ccc(F)cc1Oc1ccc([C@@H](C)O)cc1Br. The number of hydrogen-bond acceptors (Lipinski definition) is 2. The fourth-order valence-electron chi connectivity index (χ4n) is 1.66. The molecular formula is C15H14BrFO2. The lowest BCUT2D eigenvalue weighted by Crippen LogP contribution is -1.93. The minimum absolute atomic E-state index is 0.336. The van der Waals surface area contributed by atoms with Crippen LogP contribution in [0.15, 0.2) is 40.9 Å². The molecule has 4 heteroatoms. The summed E-state index contributed by atoms with van der Waals surface area (Å²) >= 11 is 3.39. The summed E-state index contributed by atoms with van der Waals surface area (Å²) in [5.74, 6) is 0.723. The van der Waals surface area contributed by atoms with Gasteiger partial charge in [0.05, 0.1) is 10.6 Å². The predicted molar refractivity (Wildman–Crippen MR) is 76.0 cm³/mol. The van der Waals surface area contributed by atoms with Gasteiger partial charge in [0.25, 0.3) is 0 Å². The maximum Gasteiger partial charge on any atom is 0.141 e. The Morgan fingerprint density at radius 2 is 1.89 bits per heavy atom. The summed E-state index contributed by atoms with van der Waals surface area (Å²) < 4.78 is 19.6. The van der Waals surface area contributed by atoms with Crippen LogP contribution in [0.25, 0.3) is 0 Å². The monoisotopic (exact) mass is 324 g/mol. The van der Waals surface area contributed by atoms with Crippen molar-refractivity contribution in [2.45, 2.75) is 20.0 Å². The minimum Gasteiger partial charge on any atom is -0.456 e. The average Bonchev–Trinajstić information content (AvgIpc) is 2.36. The maximum absolute atomic E-state index is 13.2. The van der Waals surface area contributed by atoms with E-state index >= 15 is 0 Å². The summed E-state index contributed by atoms with van der Waals surface area (Å²) in [6, 6.07) is 9.73. The van der Waals surface area contributed by atoms with E-state index < -0.39 is 6.10 Å². The molecule has 19 heavy (non-hydrogen) atoms. The average molecular weight is 325 g/mol. The lowest BCUT2D eigenvalue weighted by atomic mass is 10.1. The summed E-state index contributed by atoms with van der Waals surface area (Å²) in [5.41, 5.74) is 1.64. The molecule has 0 saturated carbocycles. The molecule has 2 nitrogen and oxygen atoms in total. The van der Waals surface area contributed by atoms with Crippen LogP contribution in [-0.2, 0) is 0 Å². The number of aryl methyl sites for hydroxylation is 1. The molecule has 0 unspecified atom stereocenters. The van der Waals surface area contributed by atoms with Crippen LogP contribution >= 0.6 is 15.9 Å². The van der Waals surface area contributed by atoms with Crippen molar-refractivity contribution in [2.24, 2.45) is 0 Å². The second kappa shape index (κ2) is 5.72. The van der Waals surface area contributed by atoms with Crippen molar-refractivity contribution in [1.29, 1.82) is 0 Å². The van der Waals surface area contributed by atoms with E-state index in [1.54, 1.807) is 31.2 Å². The summed E-state index contributed by atoms with van der Waals surface area (Å²) in [6.07, 6.45) is -0.541. The normalized spacial score (nSPS) is 12.3. The fraction of sp³-hybridized carbons (Fsp3) is 0.200. The van der Waals surface area contributed by atoms with E-state index in [0.717, 1.165) is 15.6 Å². The van der Waals surface area contributed by atoms with Gasteiger partial charge in [-0.1, -0.05) is 12.1 Å². The topological polar surface area (TPSA) is 29.5 Å². The molecule has 0 radical (unpaired) electrons. The number of ether oxygens (including phenoxy) is 1. The number of rotatable bonds is 3. The van der Waals surface area contributed by atoms with E-state index in [9.17, 15) is 9.50 Å². The number of halogens is 2. The zero-order valence-electron chi connectivity index (χ0n) is 10.7. The van der Waals surface area contributed by atoms with Crippen LogP contribution in [0.2, 0.25) is 0 Å². The maximum atomic E-state index is 13.2. The third kappa shape index (κ3) is 3.33. The lowest BCUT2D eigenvalue weighted by molar-refractivity contribution is 0.199. The van der Waals surface area contributed by atoms with Crippen LogP contribution in [0, 0.1) is 12.7 Å². The standard InChI is InChI=1S/C15H14BrFO2/c1-9-3-5-12(17)8-15(9)19-14-6-4-11(10(2)18)7-13(14)16/h3-8,10,18H,1-2H3/t10-/m1/s1. The number of aliphatic hydroxyl groups is 1. The van der Waals surface area contributed by atoms with Crippen molar-refractivity contribution in [2.75, 3.05) is 0 Å². The van der Waals surface area contributed by atoms with Crippen molar-refractivity contribution in [1.82, 2.24) is 0 Å². The lowest BCUT2D eigenvalue weighted by Gasteiger charge is -2.12. The molecule has 0 fully saturated rings. The van der Waals surface area contributed by atoms with Gasteiger partial charge < -0.3 is 9.84 Å². The Labute approximate surface area is 120 Å². The van der Waals surface area contributed by atoms with Gasteiger partial charge in [0, 0.05) is 6.07 Å². The molecule has 0 bridgehead atoms. The largest absolute Gasteiger partial charge is 0.456 e. The van der Waals surface area contributed by atoms with Crippen molar-refractivity contribution >= 4 is 15.9 Å². The van der Waals surface area contributed by atoms with E-state index in [0.29, 0.717) is 11.5 Å². The minimum atomic E-state index is -0.541. The molecule has 0 spiro atoms. The van der Waals surface area contributed by atoms with Crippen molar-refractivity contribution in [3.63, 3.8) is 0 Å². The summed E-state index contributed by atoms with van der Waals surface area (Å²) in [5, 5.41) is 9.50. The molecule has 1 N–H and O–H groups in total. The fourth-order valence-corrected chi connectivity index (χ4v) is 2.14. The molecule has 0 aliphatic rings. The van der Waals surface area contributed by atoms with Gasteiger partial charge in [0.15, 0.2) is 0 Å². The van der Waals surface area contributed by atoms with Crippen LogP contribution in [0.5, 0.6) is 11.5 Å². The summed E-state index contributed by atoms with van der Waals surface area (Å²) in [7, 11) is 0. The van der Waals surface area contributed by atoms with Crippen LogP contribution in [-0.4, -0.2) is 5.11 Å². The first-order valence-corrected chi connectivity index (χ1v) is 6.68. The second-order valence-electron chi connectivity index (χ2n) is 4.38. The highest BCUT2D eigenvalue weighted by Gasteiger charge is 2.09. The van der Waals surface area contributed by atoms with Crippen LogP contribution in [0.1, 0.15) is 24.2 Å². The molecular weight excluding hydrogens is 311 g/mol. The van der Waals surface area contributed by atoms with E-state index in [4.69, 9.17) is 4.74 Å². The summed E-state index contributed by atoms with van der Waals surface area (Å²) in [6.45, 7) is 3.55. The highest BCUT2D eigenvalue weighted by molar-refractivity contribution is 9.10. The van der Waals surface area contributed by atoms with Gasteiger partial charge in [-0.2, -0.15) is 0 Å². The Morgan fingerprint density at radius 3 is 2.53 bits per heavy atom. The predicted octanol–water partition coefficient (Wildman–Crippen LogP) is 4.74. The number of hydrogen-bond donors (Lipinski definition) is 1. The molecule has 2 rings (SSSR count). The van der Waals surface area contributed by atoms with Crippen molar-refractivity contribution in [3.05, 3.63) is 57.8 Å². The van der Waals surface area contributed by atoms with Gasteiger partial charge in [-0.25, -0.2) is 4.39 Å². The smallest absolute Gasteiger partial charge is 0.141 e. The molecule has 0 amide bonds. The molecule has 0 aliphatic heterocycles. The third-order valence-corrected chi connectivity index (χ3v) is 3.43. The van der Waals surface area contributed by atoms with E-state index in [1.807, 2.05) is 6.92 Å². The Bertz CT molecular complexity index is 597. The van der Waals surface area contributed by atoms with Gasteiger partial charge >= 0.3 is 0 Å². The quantitative estimate of drug-likeness (QED) is 0.883. The highest BCUT2D eigenvalue weighted by Crippen LogP contribution is 2.33. The molecule has 0 heterocycles. The molecule has 0 aromatic heterocycles. The first-order chi connectivity index (χ1) is 8.97. The molecule has 0 aliphatic carbocycles. The van der Waals surface area contributed by atoms with Crippen LogP contribution in [0.3, 0.4) is 0 Å². The van der Waals surface area contributed by atoms with E-state index in [1.165, 1.54) is 12.1 Å². The summed E-state index contributed by atoms with van der Waals surface area (Å²) in [4.78, 5) is 0.